The van der Waals surface area contributed by atoms with Crippen molar-refractivity contribution in [3.05, 3.63) is 70.7 Å². The van der Waals surface area contributed by atoms with Gasteiger partial charge in [-0.25, -0.2) is 4.98 Å². The fraction of sp³-hybridized carbons (Fsp3) is 0.273. The number of nitrogens with zero attached hydrogens (tertiary/aromatic N) is 2. The highest BCUT2D eigenvalue weighted by Gasteiger charge is 2.28. The second kappa shape index (κ2) is 8.12. The Bertz CT molecular complexity index is 954. The number of aromatic nitrogens is 1. The Morgan fingerprint density at radius 1 is 1.18 bits per heavy atom. The lowest BCUT2D eigenvalue weighted by atomic mass is 10.1. The third kappa shape index (κ3) is 3.79. The maximum atomic E-state index is 13.2. The molecule has 4 rings (SSSR count). The summed E-state index contributed by atoms with van der Waals surface area (Å²) < 4.78 is 11.1. The summed E-state index contributed by atoms with van der Waals surface area (Å²) in [4.78, 5) is 20.4. The van der Waals surface area contributed by atoms with E-state index in [1.54, 1.807) is 7.11 Å². The van der Waals surface area contributed by atoms with Crippen molar-refractivity contribution >= 4 is 17.2 Å². The molecule has 0 aliphatic carbocycles. The third-order valence-electron chi connectivity index (χ3n) is 4.85. The van der Waals surface area contributed by atoms with Gasteiger partial charge < -0.3 is 14.4 Å². The monoisotopic (exact) mass is 394 g/mol. The van der Waals surface area contributed by atoms with Gasteiger partial charge in [-0.1, -0.05) is 30.3 Å². The van der Waals surface area contributed by atoms with Crippen LogP contribution in [0.5, 0.6) is 5.75 Å². The first-order valence-corrected chi connectivity index (χ1v) is 10.0. The van der Waals surface area contributed by atoms with Crippen LogP contribution in [0.4, 0.5) is 0 Å². The number of thiazole rings is 1. The predicted octanol–water partition coefficient (Wildman–Crippen LogP) is 4.34. The van der Waals surface area contributed by atoms with Crippen LogP contribution in [0.15, 0.2) is 54.6 Å². The second-order valence-electron chi connectivity index (χ2n) is 6.68. The van der Waals surface area contributed by atoms with E-state index in [9.17, 15) is 4.79 Å². The van der Waals surface area contributed by atoms with E-state index in [0.717, 1.165) is 27.6 Å². The van der Waals surface area contributed by atoms with Crippen LogP contribution in [0.2, 0.25) is 0 Å². The zero-order chi connectivity index (χ0) is 19.5. The number of rotatable bonds is 4. The Morgan fingerprint density at radius 3 is 2.64 bits per heavy atom. The lowest BCUT2D eigenvalue weighted by Crippen LogP contribution is -2.42. The molecule has 144 valence electrons. The van der Waals surface area contributed by atoms with Crippen molar-refractivity contribution < 1.29 is 14.3 Å². The van der Waals surface area contributed by atoms with E-state index in [0.29, 0.717) is 24.6 Å². The van der Waals surface area contributed by atoms with Crippen molar-refractivity contribution in [3.63, 3.8) is 0 Å². The summed E-state index contributed by atoms with van der Waals surface area (Å²) >= 11 is 1.44. The van der Waals surface area contributed by atoms with E-state index in [1.165, 1.54) is 11.3 Å². The van der Waals surface area contributed by atoms with E-state index < -0.39 is 0 Å². The molecular formula is C22H22N2O3S. The van der Waals surface area contributed by atoms with Gasteiger partial charge in [0, 0.05) is 12.1 Å². The number of carbonyl (C=O) groups is 1. The van der Waals surface area contributed by atoms with Crippen LogP contribution >= 0.6 is 11.3 Å². The molecule has 1 aromatic heterocycles. The van der Waals surface area contributed by atoms with Gasteiger partial charge in [-0.2, -0.15) is 0 Å². The number of morpholine rings is 1. The van der Waals surface area contributed by atoms with Crippen LogP contribution in [0, 0.1) is 6.92 Å². The number of methoxy groups -OCH3 is 1. The van der Waals surface area contributed by atoms with Crippen LogP contribution < -0.4 is 4.74 Å². The molecule has 2 heterocycles. The molecule has 6 heteroatoms. The molecule has 0 unspecified atom stereocenters. The SMILES string of the molecule is COc1ccc(-c2nc(C)c(C(=O)N3CCO[C@H](c4ccccc4)C3)s2)cc1. The summed E-state index contributed by atoms with van der Waals surface area (Å²) in [6.07, 6.45) is -0.0896. The smallest absolute Gasteiger partial charge is 0.266 e. The largest absolute Gasteiger partial charge is 0.497 e. The first-order chi connectivity index (χ1) is 13.7. The molecule has 1 aliphatic heterocycles. The molecule has 5 nitrogen and oxygen atoms in total. The topological polar surface area (TPSA) is 51.7 Å². The van der Waals surface area contributed by atoms with Crippen LogP contribution in [0.3, 0.4) is 0 Å². The second-order valence-corrected chi connectivity index (χ2v) is 7.68. The minimum Gasteiger partial charge on any atom is -0.497 e. The van der Waals surface area contributed by atoms with Crippen LogP contribution in [-0.4, -0.2) is 42.6 Å². The van der Waals surface area contributed by atoms with Crippen LogP contribution in [0.25, 0.3) is 10.6 Å². The number of carbonyl (C=O) groups excluding carboxylic acids is 1. The van der Waals surface area contributed by atoms with Gasteiger partial charge in [0.25, 0.3) is 5.91 Å². The quantitative estimate of drug-likeness (QED) is 0.661. The lowest BCUT2D eigenvalue weighted by Gasteiger charge is -2.33. The van der Waals surface area contributed by atoms with Gasteiger partial charge in [0.1, 0.15) is 21.7 Å². The Labute approximate surface area is 168 Å². The molecule has 1 atom stereocenters. The highest BCUT2D eigenvalue weighted by Crippen LogP contribution is 2.31. The third-order valence-corrected chi connectivity index (χ3v) is 6.05. The molecule has 0 bridgehead atoms. The summed E-state index contributed by atoms with van der Waals surface area (Å²) in [5.74, 6) is 0.826. The van der Waals surface area contributed by atoms with Gasteiger partial charge in [0.15, 0.2) is 0 Å². The molecule has 0 saturated carbocycles. The van der Waals surface area contributed by atoms with Crippen molar-refractivity contribution in [1.29, 1.82) is 0 Å². The number of amides is 1. The van der Waals surface area contributed by atoms with Gasteiger partial charge in [0.05, 0.1) is 26.0 Å². The summed E-state index contributed by atoms with van der Waals surface area (Å²) in [7, 11) is 1.64. The Morgan fingerprint density at radius 2 is 1.93 bits per heavy atom. The number of benzene rings is 2. The van der Waals surface area contributed by atoms with E-state index >= 15 is 0 Å². The molecule has 0 N–H and O–H groups in total. The van der Waals surface area contributed by atoms with Crippen LogP contribution in [0.1, 0.15) is 27.0 Å². The molecule has 1 saturated heterocycles. The Kier molecular flexibility index (Phi) is 5.41. The van der Waals surface area contributed by atoms with Crippen molar-refractivity contribution in [3.8, 4) is 16.3 Å². The summed E-state index contributed by atoms with van der Waals surface area (Å²) in [6, 6.07) is 17.8. The maximum Gasteiger partial charge on any atom is 0.266 e. The van der Waals surface area contributed by atoms with Gasteiger partial charge in [0.2, 0.25) is 0 Å². The standard InChI is InChI=1S/C22H22N2O3S/c1-15-20(28-21(23-15)17-8-10-18(26-2)11-9-17)22(25)24-12-13-27-19(14-24)16-6-4-3-5-7-16/h3-11,19H,12-14H2,1-2H3/t19-/m0/s1. The highest BCUT2D eigenvalue weighted by atomic mass is 32.1. The van der Waals surface area contributed by atoms with E-state index in [1.807, 2.05) is 66.4 Å². The number of ether oxygens (including phenoxy) is 2. The molecule has 0 radical (unpaired) electrons. The van der Waals surface area contributed by atoms with Crippen molar-refractivity contribution in [2.24, 2.45) is 0 Å². The number of aryl methyl sites for hydroxylation is 1. The summed E-state index contributed by atoms with van der Waals surface area (Å²) in [5, 5.41) is 0.844. The molecular weight excluding hydrogens is 372 g/mol. The normalized spacial score (nSPS) is 16.8. The Hall–Kier alpha value is -2.70. The van der Waals surface area contributed by atoms with Crippen molar-refractivity contribution in [1.82, 2.24) is 9.88 Å². The number of hydrogen-bond acceptors (Lipinski definition) is 5. The van der Waals surface area contributed by atoms with Gasteiger partial charge in [-0.3, -0.25) is 4.79 Å². The fourth-order valence-electron chi connectivity index (χ4n) is 3.30. The molecule has 1 aliphatic rings. The average Bonchev–Trinajstić information content (AvgIpc) is 3.15. The molecule has 3 aromatic rings. The molecule has 28 heavy (non-hydrogen) atoms. The Balaban J connectivity index is 1.53. The zero-order valence-corrected chi connectivity index (χ0v) is 16.7. The average molecular weight is 394 g/mol. The fourth-order valence-corrected chi connectivity index (χ4v) is 4.34. The van der Waals surface area contributed by atoms with Gasteiger partial charge in [-0.05, 0) is 36.8 Å². The highest BCUT2D eigenvalue weighted by molar-refractivity contribution is 7.17. The maximum absolute atomic E-state index is 13.2. The van der Waals surface area contributed by atoms with Gasteiger partial charge >= 0.3 is 0 Å². The van der Waals surface area contributed by atoms with Crippen molar-refractivity contribution in [2.45, 2.75) is 13.0 Å². The van der Waals surface area contributed by atoms with E-state index in [2.05, 4.69) is 4.98 Å². The van der Waals surface area contributed by atoms with E-state index in [4.69, 9.17) is 9.47 Å². The molecule has 2 aromatic carbocycles. The molecule has 1 amide bonds. The van der Waals surface area contributed by atoms with Gasteiger partial charge in [-0.15, -0.1) is 11.3 Å². The number of hydrogen-bond donors (Lipinski definition) is 0. The zero-order valence-electron chi connectivity index (χ0n) is 15.9. The van der Waals surface area contributed by atoms with Crippen molar-refractivity contribution in [2.75, 3.05) is 26.8 Å². The molecule has 1 fully saturated rings. The molecule has 0 spiro atoms. The summed E-state index contributed by atoms with van der Waals surface area (Å²) in [6.45, 7) is 3.58. The minimum absolute atomic E-state index is 0.0268. The first kappa shape index (κ1) is 18.7. The first-order valence-electron chi connectivity index (χ1n) is 9.23. The van der Waals surface area contributed by atoms with Crippen LogP contribution in [-0.2, 0) is 4.74 Å². The minimum atomic E-state index is -0.0896. The summed E-state index contributed by atoms with van der Waals surface area (Å²) in [5.41, 5.74) is 2.85. The van der Waals surface area contributed by atoms with E-state index in [-0.39, 0.29) is 12.0 Å². The lowest BCUT2D eigenvalue weighted by molar-refractivity contribution is -0.0226. The predicted molar refractivity (Wildman–Crippen MR) is 110 cm³/mol.